The second-order valence-corrected chi connectivity index (χ2v) is 9.98. The van der Waals surface area contributed by atoms with Crippen LogP contribution in [-0.4, -0.2) is 38.5 Å². The summed E-state index contributed by atoms with van der Waals surface area (Å²) in [5, 5.41) is 11.9. The van der Waals surface area contributed by atoms with Crippen molar-refractivity contribution in [3.63, 3.8) is 0 Å². The lowest BCUT2D eigenvalue weighted by Gasteiger charge is -2.05. The number of carbonyl (C=O) groups is 2. The number of amidine groups is 1. The predicted octanol–water partition coefficient (Wildman–Crippen LogP) is 4.43. The molecule has 2 aromatic carbocycles. The fourth-order valence-corrected chi connectivity index (χ4v) is 5.39. The summed E-state index contributed by atoms with van der Waals surface area (Å²) in [6.07, 6.45) is 6.59. The Morgan fingerprint density at radius 1 is 1.06 bits per heavy atom. The number of fused-ring (bicyclic) bond motifs is 2. The van der Waals surface area contributed by atoms with Crippen LogP contribution in [0.15, 0.2) is 59.8 Å². The number of para-hydroxylation sites is 1. The Bertz CT molecular complexity index is 1500. The maximum absolute atomic E-state index is 13.1. The van der Waals surface area contributed by atoms with E-state index >= 15 is 0 Å². The SMILES string of the molecule is CSc1ccc2c(c1)c(C1=C(c3c[nH]c4ccccc34)C(=O)NC1=O)cn2CCCSC(=N)N. The van der Waals surface area contributed by atoms with Crippen molar-refractivity contribution in [3.05, 3.63) is 66.0 Å². The summed E-state index contributed by atoms with van der Waals surface area (Å²) in [4.78, 5) is 30.4. The summed E-state index contributed by atoms with van der Waals surface area (Å²) >= 11 is 2.95. The molecule has 0 spiro atoms. The number of H-pyrrole nitrogens is 1. The van der Waals surface area contributed by atoms with Crippen LogP contribution in [0.4, 0.5) is 0 Å². The summed E-state index contributed by atoms with van der Waals surface area (Å²) in [6.45, 7) is 0.709. The molecule has 2 aromatic heterocycles. The van der Waals surface area contributed by atoms with E-state index in [4.69, 9.17) is 11.1 Å². The Hall–Kier alpha value is -3.43. The topological polar surface area (TPSA) is 117 Å². The van der Waals surface area contributed by atoms with Gasteiger partial charge in [0.1, 0.15) is 0 Å². The molecular formula is C25H23N5O2S2. The number of hydrogen-bond acceptors (Lipinski definition) is 5. The zero-order chi connectivity index (χ0) is 23.8. The third-order valence-electron chi connectivity index (χ3n) is 5.95. The number of carbonyl (C=O) groups excluding carboxylic acids is 2. The van der Waals surface area contributed by atoms with E-state index in [1.807, 2.05) is 36.7 Å². The van der Waals surface area contributed by atoms with Crippen LogP contribution in [0.5, 0.6) is 0 Å². The number of nitrogens with one attached hydrogen (secondary N) is 3. The van der Waals surface area contributed by atoms with Crippen molar-refractivity contribution in [1.29, 1.82) is 5.41 Å². The van der Waals surface area contributed by atoms with E-state index in [9.17, 15) is 9.59 Å². The molecule has 5 N–H and O–H groups in total. The minimum Gasteiger partial charge on any atom is -0.379 e. The van der Waals surface area contributed by atoms with Crippen molar-refractivity contribution in [1.82, 2.24) is 14.9 Å². The van der Waals surface area contributed by atoms with Crippen LogP contribution in [0.25, 0.3) is 33.0 Å². The molecule has 0 fully saturated rings. The minimum atomic E-state index is -0.385. The zero-order valence-electron chi connectivity index (χ0n) is 18.5. The highest BCUT2D eigenvalue weighted by atomic mass is 32.2. The lowest BCUT2D eigenvalue weighted by molar-refractivity contribution is -0.122. The summed E-state index contributed by atoms with van der Waals surface area (Å²) in [5.74, 6) is -0.0364. The maximum Gasteiger partial charge on any atom is 0.259 e. The first-order chi connectivity index (χ1) is 16.5. The van der Waals surface area contributed by atoms with Crippen molar-refractivity contribution in [2.24, 2.45) is 5.73 Å². The third-order valence-corrected chi connectivity index (χ3v) is 7.48. The first-order valence-electron chi connectivity index (χ1n) is 10.8. The van der Waals surface area contributed by atoms with Crippen LogP contribution >= 0.6 is 23.5 Å². The Balaban J connectivity index is 1.68. The number of imide groups is 1. The van der Waals surface area contributed by atoms with E-state index in [0.717, 1.165) is 44.4 Å². The van der Waals surface area contributed by atoms with Gasteiger partial charge in [0.15, 0.2) is 5.17 Å². The number of amides is 2. The van der Waals surface area contributed by atoms with E-state index in [1.54, 1.807) is 18.0 Å². The smallest absolute Gasteiger partial charge is 0.259 e. The molecule has 9 heteroatoms. The van der Waals surface area contributed by atoms with Crippen LogP contribution in [0.3, 0.4) is 0 Å². The molecule has 0 radical (unpaired) electrons. The van der Waals surface area contributed by atoms with Crippen LogP contribution in [-0.2, 0) is 16.1 Å². The molecule has 2 amide bonds. The van der Waals surface area contributed by atoms with E-state index in [-0.39, 0.29) is 17.0 Å². The second-order valence-electron chi connectivity index (χ2n) is 7.97. The van der Waals surface area contributed by atoms with Crippen molar-refractivity contribution < 1.29 is 9.59 Å². The summed E-state index contributed by atoms with van der Waals surface area (Å²) < 4.78 is 2.12. The van der Waals surface area contributed by atoms with Gasteiger partial charge in [0, 0.05) is 62.5 Å². The Morgan fingerprint density at radius 3 is 2.59 bits per heavy atom. The molecule has 34 heavy (non-hydrogen) atoms. The quantitative estimate of drug-likeness (QED) is 0.101. The van der Waals surface area contributed by atoms with Gasteiger partial charge in [-0.15, -0.1) is 11.8 Å². The molecular weight excluding hydrogens is 466 g/mol. The average Bonchev–Trinajstić information content (AvgIpc) is 3.49. The number of thioether (sulfide) groups is 2. The molecule has 3 heterocycles. The van der Waals surface area contributed by atoms with Crippen molar-refractivity contribution >= 4 is 73.5 Å². The lowest BCUT2D eigenvalue weighted by atomic mass is 9.95. The molecule has 0 aliphatic carbocycles. The molecule has 1 aliphatic rings. The Kier molecular flexibility index (Phi) is 5.97. The number of benzene rings is 2. The number of aromatic amines is 1. The Morgan fingerprint density at radius 2 is 1.82 bits per heavy atom. The van der Waals surface area contributed by atoms with Crippen molar-refractivity contribution in [3.8, 4) is 0 Å². The molecule has 5 rings (SSSR count). The molecule has 0 unspecified atom stereocenters. The largest absolute Gasteiger partial charge is 0.379 e. The van der Waals surface area contributed by atoms with E-state index in [0.29, 0.717) is 23.3 Å². The van der Waals surface area contributed by atoms with Gasteiger partial charge in [-0.3, -0.25) is 20.3 Å². The third kappa shape index (κ3) is 3.91. The standard InChI is InChI=1S/C25H23N5O2S2/c1-33-14-7-8-20-16(11-14)18(13-30(20)9-4-10-34-25(26)27)22-21(23(31)29-24(22)32)17-12-28-19-6-3-2-5-15(17)19/h2-3,5-8,11-13,28H,4,9-10H2,1H3,(H3,26,27)(H,29,31,32). The molecule has 172 valence electrons. The predicted molar refractivity (Wildman–Crippen MR) is 141 cm³/mol. The monoisotopic (exact) mass is 489 g/mol. The highest BCUT2D eigenvalue weighted by Crippen LogP contribution is 2.39. The van der Waals surface area contributed by atoms with Gasteiger partial charge in [0.05, 0.1) is 11.1 Å². The zero-order valence-corrected chi connectivity index (χ0v) is 20.1. The molecule has 0 bridgehead atoms. The van der Waals surface area contributed by atoms with Gasteiger partial charge in [0.25, 0.3) is 11.8 Å². The van der Waals surface area contributed by atoms with Gasteiger partial charge >= 0.3 is 0 Å². The first kappa shape index (κ1) is 22.4. The second kappa shape index (κ2) is 9.08. The van der Waals surface area contributed by atoms with E-state index in [1.165, 1.54) is 11.8 Å². The molecule has 4 aromatic rings. The number of aromatic nitrogens is 2. The first-order valence-corrected chi connectivity index (χ1v) is 13.0. The van der Waals surface area contributed by atoms with E-state index < -0.39 is 0 Å². The Labute approximate surface area is 204 Å². The lowest BCUT2D eigenvalue weighted by Crippen LogP contribution is -2.22. The normalized spacial score (nSPS) is 13.9. The summed E-state index contributed by atoms with van der Waals surface area (Å²) in [6, 6.07) is 13.9. The maximum atomic E-state index is 13.1. The van der Waals surface area contributed by atoms with Gasteiger partial charge in [0.2, 0.25) is 0 Å². The average molecular weight is 490 g/mol. The number of rotatable bonds is 7. The fourth-order valence-electron chi connectivity index (χ4n) is 4.45. The summed E-state index contributed by atoms with van der Waals surface area (Å²) in [5.41, 5.74) is 9.62. The number of hydrogen-bond donors (Lipinski definition) is 4. The molecule has 1 aliphatic heterocycles. The molecule has 0 atom stereocenters. The van der Waals surface area contributed by atoms with E-state index in [2.05, 4.69) is 33.1 Å². The van der Waals surface area contributed by atoms with Crippen LogP contribution in [0.2, 0.25) is 0 Å². The summed E-state index contributed by atoms with van der Waals surface area (Å²) in [7, 11) is 0. The van der Waals surface area contributed by atoms with Crippen molar-refractivity contribution in [2.75, 3.05) is 12.0 Å². The number of nitrogens with zero attached hydrogens (tertiary/aromatic N) is 1. The van der Waals surface area contributed by atoms with Crippen molar-refractivity contribution in [2.45, 2.75) is 17.9 Å². The van der Waals surface area contributed by atoms with Gasteiger partial charge in [-0.05, 0) is 36.9 Å². The van der Waals surface area contributed by atoms with Crippen LogP contribution in [0, 0.1) is 5.41 Å². The van der Waals surface area contributed by atoms with Gasteiger partial charge in [-0.1, -0.05) is 30.0 Å². The molecule has 0 saturated heterocycles. The highest BCUT2D eigenvalue weighted by Gasteiger charge is 2.35. The highest BCUT2D eigenvalue weighted by molar-refractivity contribution is 8.13. The van der Waals surface area contributed by atoms with Gasteiger partial charge < -0.3 is 15.3 Å². The number of aryl methyl sites for hydroxylation is 1. The molecule has 7 nitrogen and oxygen atoms in total. The minimum absolute atomic E-state index is 0.109. The van der Waals surface area contributed by atoms with Gasteiger partial charge in [-0.2, -0.15) is 0 Å². The van der Waals surface area contributed by atoms with Crippen LogP contribution < -0.4 is 11.1 Å². The van der Waals surface area contributed by atoms with Gasteiger partial charge in [-0.25, -0.2) is 0 Å². The fraction of sp³-hybridized carbons (Fsp3) is 0.160. The number of nitrogens with two attached hydrogens (primary N) is 1. The molecule has 0 saturated carbocycles. The van der Waals surface area contributed by atoms with Crippen LogP contribution in [0.1, 0.15) is 17.5 Å².